The third-order valence-electron chi connectivity index (χ3n) is 5.57. The van der Waals surface area contributed by atoms with E-state index < -0.39 is 0 Å². The van der Waals surface area contributed by atoms with Gasteiger partial charge in [0.15, 0.2) is 11.0 Å². The molecule has 3 aromatic carbocycles. The van der Waals surface area contributed by atoms with Crippen molar-refractivity contribution < 1.29 is 4.79 Å². The molecule has 1 N–H and O–H groups in total. The van der Waals surface area contributed by atoms with Crippen molar-refractivity contribution in [1.82, 2.24) is 20.2 Å². The third kappa shape index (κ3) is 6.30. The van der Waals surface area contributed by atoms with E-state index in [4.69, 9.17) is 0 Å². The Bertz CT molecular complexity index is 1370. The average molecular weight is 563 g/mol. The van der Waals surface area contributed by atoms with E-state index in [1.165, 1.54) is 22.9 Å². The molecule has 0 saturated carbocycles. The van der Waals surface area contributed by atoms with Crippen LogP contribution in [0, 0.1) is 6.92 Å². The minimum absolute atomic E-state index is 0.0661. The van der Waals surface area contributed by atoms with Crippen molar-refractivity contribution in [3.8, 4) is 17.1 Å². The number of nitrogens with one attached hydrogen (secondary N) is 1. The van der Waals surface area contributed by atoms with Crippen LogP contribution in [-0.4, -0.2) is 32.6 Å². The van der Waals surface area contributed by atoms with Gasteiger partial charge in [-0.15, -0.1) is 10.2 Å². The van der Waals surface area contributed by atoms with Crippen LogP contribution >= 0.6 is 27.7 Å². The standard InChI is InChI=1S/C28H28BrN5OS/c1-19-9-15-23(16-10-19)34-26(20-11-13-22(14-12-20)28(2,3)4)32-33-27(34)36-18-25(35)31-30-17-21-7-5-6-8-24(21)29/h5-17H,18H2,1-4H3,(H,31,35). The van der Waals surface area contributed by atoms with E-state index >= 15 is 0 Å². The Labute approximate surface area is 224 Å². The van der Waals surface area contributed by atoms with Crippen LogP contribution in [0.25, 0.3) is 17.1 Å². The van der Waals surface area contributed by atoms with E-state index in [1.54, 1.807) is 6.21 Å². The first-order valence-corrected chi connectivity index (χ1v) is 13.3. The van der Waals surface area contributed by atoms with E-state index in [2.05, 4.69) is 101 Å². The predicted octanol–water partition coefficient (Wildman–Crippen LogP) is 6.55. The molecule has 184 valence electrons. The predicted molar refractivity (Wildman–Crippen MR) is 151 cm³/mol. The monoisotopic (exact) mass is 561 g/mol. The number of benzene rings is 3. The molecular formula is C28H28BrN5OS. The van der Waals surface area contributed by atoms with Gasteiger partial charge in [0.2, 0.25) is 0 Å². The molecule has 1 amide bonds. The number of halogens is 1. The first-order valence-electron chi connectivity index (χ1n) is 11.5. The summed E-state index contributed by atoms with van der Waals surface area (Å²) >= 11 is 4.79. The molecule has 0 fully saturated rings. The summed E-state index contributed by atoms with van der Waals surface area (Å²) in [6.45, 7) is 8.63. The molecule has 4 aromatic rings. The lowest BCUT2D eigenvalue weighted by atomic mass is 9.87. The lowest BCUT2D eigenvalue weighted by Crippen LogP contribution is -2.20. The Morgan fingerprint density at radius 3 is 2.39 bits per heavy atom. The summed E-state index contributed by atoms with van der Waals surface area (Å²) in [4.78, 5) is 12.5. The topological polar surface area (TPSA) is 72.2 Å². The second-order valence-electron chi connectivity index (χ2n) is 9.41. The molecule has 1 aromatic heterocycles. The van der Waals surface area contributed by atoms with Crippen molar-refractivity contribution in [2.24, 2.45) is 5.10 Å². The molecule has 0 bridgehead atoms. The van der Waals surface area contributed by atoms with E-state index in [0.29, 0.717) is 5.16 Å². The Morgan fingerprint density at radius 2 is 1.72 bits per heavy atom. The maximum Gasteiger partial charge on any atom is 0.250 e. The van der Waals surface area contributed by atoms with Gasteiger partial charge in [0.1, 0.15) is 0 Å². The summed E-state index contributed by atoms with van der Waals surface area (Å²) in [6, 6.07) is 24.3. The molecule has 0 aliphatic heterocycles. The Kier molecular flexibility index (Phi) is 8.06. The summed E-state index contributed by atoms with van der Waals surface area (Å²) in [5.74, 6) is 0.660. The zero-order chi connectivity index (χ0) is 25.7. The van der Waals surface area contributed by atoms with Gasteiger partial charge < -0.3 is 0 Å². The molecular weight excluding hydrogens is 534 g/mol. The molecule has 0 saturated heterocycles. The molecule has 0 unspecified atom stereocenters. The Morgan fingerprint density at radius 1 is 1.03 bits per heavy atom. The molecule has 8 heteroatoms. The SMILES string of the molecule is Cc1ccc(-n2c(SCC(=O)NN=Cc3ccccc3Br)nnc2-c2ccc(C(C)(C)C)cc2)cc1. The highest BCUT2D eigenvalue weighted by Crippen LogP contribution is 2.30. The van der Waals surface area contributed by atoms with Gasteiger partial charge in [-0.2, -0.15) is 5.10 Å². The maximum absolute atomic E-state index is 12.5. The van der Waals surface area contributed by atoms with Gasteiger partial charge in [-0.3, -0.25) is 9.36 Å². The van der Waals surface area contributed by atoms with Gasteiger partial charge in [-0.05, 0) is 36.1 Å². The van der Waals surface area contributed by atoms with Crippen molar-refractivity contribution in [2.45, 2.75) is 38.3 Å². The second kappa shape index (κ2) is 11.2. The van der Waals surface area contributed by atoms with Crippen LogP contribution in [0.3, 0.4) is 0 Å². The summed E-state index contributed by atoms with van der Waals surface area (Å²) in [5, 5.41) is 13.6. The van der Waals surface area contributed by atoms with Crippen molar-refractivity contribution in [3.63, 3.8) is 0 Å². The molecule has 0 aliphatic carbocycles. The van der Waals surface area contributed by atoms with Gasteiger partial charge in [-0.1, -0.05) is 109 Å². The number of rotatable bonds is 7. The molecule has 36 heavy (non-hydrogen) atoms. The van der Waals surface area contributed by atoms with Gasteiger partial charge in [0, 0.05) is 21.3 Å². The van der Waals surface area contributed by atoms with Crippen molar-refractivity contribution in [2.75, 3.05) is 5.75 Å². The smallest absolute Gasteiger partial charge is 0.250 e. The van der Waals surface area contributed by atoms with Crippen LogP contribution in [0.5, 0.6) is 0 Å². The highest BCUT2D eigenvalue weighted by atomic mass is 79.9. The average Bonchev–Trinajstić information content (AvgIpc) is 3.28. The van der Waals surface area contributed by atoms with E-state index in [-0.39, 0.29) is 17.1 Å². The number of carbonyl (C=O) groups excluding carboxylic acids is 1. The fourth-order valence-electron chi connectivity index (χ4n) is 3.51. The first-order chi connectivity index (χ1) is 17.2. The van der Waals surface area contributed by atoms with E-state index in [1.807, 2.05) is 41.0 Å². The number of aryl methyl sites for hydroxylation is 1. The second-order valence-corrected chi connectivity index (χ2v) is 11.2. The number of amides is 1. The number of aromatic nitrogens is 3. The Balaban J connectivity index is 1.55. The number of hydrogen-bond acceptors (Lipinski definition) is 5. The molecule has 1 heterocycles. The number of nitrogens with zero attached hydrogens (tertiary/aromatic N) is 4. The normalized spacial score (nSPS) is 11.7. The van der Waals surface area contributed by atoms with Crippen LogP contribution in [0.1, 0.15) is 37.5 Å². The zero-order valence-corrected chi connectivity index (χ0v) is 23.1. The number of hydrazone groups is 1. The highest BCUT2D eigenvalue weighted by molar-refractivity contribution is 9.10. The fraction of sp³-hybridized carbons (Fsp3) is 0.214. The number of hydrogen-bond donors (Lipinski definition) is 1. The number of carbonyl (C=O) groups is 1. The first kappa shape index (κ1) is 25.9. The zero-order valence-electron chi connectivity index (χ0n) is 20.7. The number of thioether (sulfide) groups is 1. The Hall–Kier alpha value is -3.23. The molecule has 0 radical (unpaired) electrons. The van der Waals surface area contributed by atoms with Crippen LogP contribution in [-0.2, 0) is 10.2 Å². The fourth-order valence-corrected chi connectivity index (χ4v) is 4.64. The van der Waals surface area contributed by atoms with Crippen molar-refractivity contribution in [1.29, 1.82) is 0 Å². The minimum Gasteiger partial charge on any atom is -0.272 e. The summed E-state index contributed by atoms with van der Waals surface area (Å²) in [6.07, 6.45) is 1.61. The van der Waals surface area contributed by atoms with Gasteiger partial charge in [0.25, 0.3) is 5.91 Å². The minimum atomic E-state index is -0.224. The summed E-state index contributed by atoms with van der Waals surface area (Å²) < 4.78 is 2.90. The van der Waals surface area contributed by atoms with Gasteiger partial charge in [-0.25, -0.2) is 5.43 Å². The van der Waals surface area contributed by atoms with Crippen LogP contribution in [0.2, 0.25) is 0 Å². The summed E-state index contributed by atoms with van der Waals surface area (Å²) in [5.41, 5.74) is 7.85. The van der Waals surface area contributed by atoms with Crippen molar-refractivity contribution in [3.05, 3.63) is 94.0 Å². The van der Waals surface area contributed by atoms with E-state index in [0.717, 1.165) is 27.1 Å². The molecule has 0 spiro atoms. The molecule has 0 aliphatic rings. The van der Waals surface area contributed by atoms with Crippen molar-refractivity contribution >= 4 is 39.8 Å². The largest absolute Gasteiger partial charge is 0.272 e. The van der Waals surface area contributed by atoms with Crippen LogP contribution in [0.15, 0.2) is 87.5 Å². The molecule has 6 nitrogen and oxygen atoms in total. The lowest BCUT2D eigenvalue weighted by Gasteiger charge is -2.19. The third-order valence-corrected chi connectivity index (χ3v) is 7.22. The quantitative estimate of drug-likeness (QED) is 0.158. The van der Waals surface area contributed by atoms with Gasteiger partial charge >= 0.3 is 0 Å². The molecule has 0 atom stereocenters. The van der Waals surface area contributed by atoms with Crippen LogP contribution < -0.4 is 5.43 Å². The molecule has 4 rings (SSSR count). The van der Waals surface area contributed by atoms with Crippen LogP contribution in [0.4, 0.5) is 0 Å². The van der Waals surface area contributed by atoms with Gasteiger partial charge in [0.05, 0.1) is 12.0 Å². The van der Waals surface area contributed by atoms with E-state index in [9.17, 15) is 4.79 Å². The lowest BCUT2D eigenvalue weighted by molar-refractivity contribution is -0.118. The highest BCUT2D eigenvalue weighted by Gasteiger charge is 2.19. The maximum atomic E-state index is 12.5. The summed E-state index contributed by atoms with van der Waals surface area (Å²) in [7, 11) is 0.